The summed E-state index contributed by atoms with van der Waals surface area (Å²) < 4.78 is 0. The van der Waals surface area contributed by atoms with Gasteiger partial charge in [0, 0.05) is 18.5 Å². The number of anilines is 1. The molecule has 0 aromatic heterocycles. The molecular weight excluding hydrogens is 260 g/mol. The Kier molecular flexibility index (Phi) is 4.20. The molecule has 1 amide bonds. The monoisotopic (exact) mass is 282 g/mol. The molecule has 1 heterocycles. The highest BCUT2D eigenvalue weighted by Crippen LogP contribution is 2.28. The van der Waals surface area contributed by atoms with Crippen molar-refractivity contribution in [3.8, 4) is 0 Å². The summed E-state index contributed by atoms with van der Waals surface area (Å²) in [4.78, 5) is 14.8. The first kappa shape index (κ1) is 14.1. The molecular formula is C18H22N2O. The van der Waals surface area contributed by atoms with Gasteiger partial charge in [-0.05, 0) is 37.8 Å². The fraction of sp³-hybridized carbons (Fsp3) is 0.389. The van der Waals surface area contributed by atoms with E-state index in [9.17, 15) is 4.79 Å². The minimum absolute atomic E-state index is 0.109. The van der Waals surface area contributed by atoms with Crippen LogP contribution in [0.25, 0.3) is 10.8 Å². The van der Waals surface area contributed by atoms with Crippen LogP contribution in [0, 0.1) is 5.92 Å². The molecule has 0 aliphatic carbocycles. The van der Waals surface area contributed by atoms with E-state index < -0.39 is 0 Å². The van der Waals surface area contributed by atoms with Crippen molar-refractivity contribution in [2.45, 2.75) is 19.8 Å². The Labute approximate surface area is 125 Å². The number of carbonyl (C=O) groups is 1. The lowest BCUT2D eigenvalue weighted by Crippen LogP contribution is -2.43. The van der Waals surface area contributed by atoms with Crippen LogP contribution in [0.5, 0.6) is 0 Å². The minimum atomic E-state index is 0.109. The summed E-state index contributed by atoms with van der Waals surface area (Å²) >= 11 is 0. The molecule has 0 bridgehead atoms. The molecule has 1 aliphatic rings. The molecule has 1 unspecified atom stereocenters. The fourth-order valence-electron chi connectivity index (χ4n) is 3.17. The molecule has 2 aromatic rings. The predicted octanol–water partition coefficient (Wildman–Crippen LogP) is 3.19. The van der Waals surface area contributed by atoms with Crippen molar-refractivity contribution in [3.63, 3.8) is 0 Å². The van der Waals surface area contributed by atoms with E-state index in [-0.39, 0.29) is 11.8 Å². The van der Waals surface area contributed by atoms with E-state index >= 15 is 0 Å². The third-order valence-corrected chi connectivity index (χ3v) is 4.29. The van der Waals surface area contributed by atoms with Crippen LogP contribution in [0.2, 0.25) is 0 Å². The van der Waals surface area contributed by atoms with Gasteiger partial charge in [0.2, 0.25) is 5.91 Å². The van der Waals surface area contributed by atoms with Gasteiger partial charge < -0.3 is 10.2 Å². The summed E-state index contributed by atoms with van der Waals surface area (Å²) in [5, 5.41) is 5.67. The zero-order chi connectivity index (χ0) is 14.7. The van der Waals surface area contributed by atoms with E-state index in [2.05, 4.69) is 36.5 Å². The van der Waals surface area contributed by atoms with Gasteiger partial charge in [0.1, 0.15) is 0 Å². The number of rotatable bonds is 3. The summed E-state index contributed by atoms with van der Waals surface area (Å²) in [6, 6.07) is 14.5. The number of amides is 1. The molecule has 0 saturated carbocycles. The van der Waals surface area contributed by atoms with Gasteiger partial charge in [-0.2, -0.15) is 0 Å². The number of fused-ring (bicyclic) bond motifs is 1. The van der Waals surface area contributed by atoms with Gasteiger partial charge in [0.15, 0.2) is 0 Å². The molecule has 2 aromatic carbocycles. The molecule has 110 valence electrons. The molecule has 1 aliphatic heterocycles. The number of nitrogens with one attached hydrogen (secondary N) is 1. The first-order valence-corrected chi connectivity index (χ1v) is 7.81. The highest BCUT2D eigenvalue weighted by Gasteiger charge is 2.26. The number of benzene rings is 2. The number of carbonyl (C=O) groups excluding carboxylic acids is 1. The standard InChI is InChI=1S/C18H22N2O/c1-2-20(18(21)15-9-6-12-19-13-15)17-11-5-8-14-7-3-4-10-16(14)17/h3-5,7-8,10-11,15,19H,2,6,9,12-13H2,1H3. The SMILES string of the molecule is CCN(C(=O)C1CCCNC1)c1cccc2ccccc12. The topological polar surface area (TPSA) is 32.3 Å². The average Bonchev–Trinajstić information content (AvgIpc) is 2.56. The van der Waals surface area contributed by atoms with Gasteiger partial charge in [0.05, 0.1) is 11.6 Å². The lowest BCUT2D eigenvalue weighted by atomic mass is 9.97. The summed E-state index contributed by atoms with van der Waals surface area (Å²) in [7, 11) is 0. The maximum Gasteiger partial charge on any atom is 0.231 e. The van der Waals surface area contributed by atoms with Crippen LogP contribution in [0.3, 0.4) is 0 Å². The Morgan fingerprint density at radius 1 is 1.24 bits per heavy atom. The Hall–Kier alpha value is -1.87. The zero-order valence-corrected chi connectivity index (χ0v) is 12.5. The third kappa shape index (κ3) is 2.79. The van der Waals surface area contributed by atoms with Crippen molar-refractivity contribution in [1.29, 1.82) is 0 Å². The van der Waals surface area contributed by atoms with E-state index in [0.29, 0.717) is 6.54 Å². The van der Waals surface area contributed by atoms with Crippen LogP contribution in [0.1, 0.15) is 19.8 Å². The molecule has 0 spiro atoms. The van der Waals surface area contributed by atoms with Crippen LogP contribution in [0.4, 0.5) is 5.69 Å². The average molecular weight is 282 g/mol. The summed E-state index contributed by atoms with van der Waals surface area (Å²) in [6.45, 7) is 4.60. The van der Waals surface area contributed by atoms with Crippen LogP contribution >= 0.6 is 0 Å². The Morgan fingerprint density at radius 3 is 2.81 bits per heavy atom. The Balaban J connectivity index is 1.96. The van der Waals surface area contributed by atoms with Crippen LogP contribution < -0.4 is 10.2 Å². The molecule has 21 heavy (non-hydrogen) atoms. The second-order valence-corrected chi connectivity index (χ2v) is 5.62. The largest absolute Gasteiger partial charge is 0.316 e. The van der Waals surface area contributed by atoms with E-state index in [1.807, 2.05) is 23.1 Å². The zero-order valence-electron chi connectivity index (χ0n) is 12.5. The van der Waals surface area contributed by atoms with Gasteiger partial charge in [-0.1, -0.05) is 36.4 Å². The van der Waals surface area contributed by atoms with Crippen molar-refractivity contribution >= 4 is 22.4 Å². The highest BCUT2D eigenvalue weighted by molar-refractivity contribution is 6.04. The number of piperidine rings is 1. The van der Waals surface area contributed by atoms with Crippen LogP contribution in [-0.4, -0.2) is 25.5 Å². The minimum Gasteiger partial charge on any atom is -0.316 e. The molecule has 1 N–H and O–H groups in total. The van der Waals surface area contributed by atoms with E-state index in [0.717, 1.165) is 37.0 Å². The smallest absolute Gasteiger partial charge is 0.231 e. The van der Waals surface area contributed by atoms with E-state index in [4.69, 9.17) is 0 Å². The lowest BCUT2D eigenvalue weighted by Gasteiger charge is -2.29. The summed E-state index contributed by atoms with van der Waals surface area (Å²) in [5.41, 5.74) is 1.03. The molecule has 0 radical (unpaired) electrons. The van der Waals surface area contributed by atoms with Crippen molar-refractivity contribution in [3.05, 3.63) is 42.5 Å². The molecule has 3 rings (SSSR count). The normalized spacial score (nSPS) is 18.6. The molecule has 1 atom stereocenters. The number of hydrogen-bond donors (Lipinski definition) is 1. The van der Waals surface area contributed by atoms with Gasteiger partial charge in [-0.25, -0.2) is 0 Å². The van der Waals surface area contributed by atoms with Crippen molar-refractivity contribution in [1.82, 2.24) is 5.32 Å². The number of nitrogens with zero attached hydrogens (tertiary/aromatic N) is 1. The Morgan fingerprint density at radius 2 is 2.05 bits per heavy atom. The lowest BCUT2D eigenvalue weighted by molar-refractivity contribution is -0.122. The third-order valence-electron chi connectivity index (χ3n) is 4.29. The van der Waals surface area contributed by atoms with Crippen molar-refractivity contribution in [2.75, 3.05) is 24.5 Å². The van der Waals surface area contributed by atoms with Gasteiger partial charge >= 0.3 is 0 Å². The predicted molar refractivity (Wildman–Crippen MR) is 87.6 cm³/mol. The molecule has 3 heteroatoms. The molecule has 3 nitrogen and oxygen atoms in total. The first-order valence-electron chi connectivity index (χ1n) is 7.81. The van der Waals surface area contributed by atoms with Crippen molar-refractivity contribution < 1.29 is 4.79 Å². The molecule has 1 fully saturated rings. The maximum atomic E-state index is 12.9. The van der Waals surface area contributed by atoms with Gasteiger partial charge in [-0.15, -0.1) is 0 Å². The second kappa shape index (κ2) is 6.27. The Bertz CT molecular complexity index is 627. The van der Waals surface area contributed by atoms with Gasteiger partial charge in [0.25, 0.3) is 0 Å². The summed E-state index contributed by atoms with van der Waals surface area (Å²) in [6.07, 6.45) is 2.08. The van der Waals surface area contributed by atoms with Gasteiger partial charge in [-0.3, -0.25) is 4.79 Å². The maximum absolute atomic E-state index is 12.9. The summed E-state index contributed by atoms with van der Waals surface area (Å²) in [5.74, 6) is 0.360. The first-order chi connectivity index (χ1) is 10.3. The van der Waals surface area contributed by atoms with E-state index in [1.54, 1.807) is 0 Å². The van der Waals surface area contributed by atoms with Crippen LogP contribution in [-0.2, 0) is 4.79 Å². The number of hydrogen-bond acceptors (Lipinski definition) is 2. The quantitative estimate of drug-likeness (QED) is 0.937. The second-order valence-electron chi connectivity index (χ2n) is 5.62. The van der Waals surface area contributed by atoms with Crippen LogP contribution in [0.15, 0.2) is 42.5 Å². The highest BCUT2D eigenvalue weighted by atomic mass is 16.2. The van der Waals surface area contributed by atoms with Crippen molar-refractivity contribution in [2.24, 2.45) is 5.92 Å². The fourth-order valence-corrected chi connectivity index (χ4v) is 3.17. The van der Waals surface area contributed by atoms with E-state index in [1.165, 1.54) is 5.39 Å². The molecule has 1 saturated heterocycles.